The van der Waals surface area contributed by atoms with Gasteiger partial charge in [0.05, 0.1) is 6.61 Å². The maximum absolute atomic E-state index is 9.54. The average Bonchev–Trinajstić information content (AvgIpc) is 2.97. The first-order valence-electron chi connectivity index (χ1n) is 6.97. The zero-order chi connectivity index (χ0) is 13.9. The summed E-state index contributed by atoms with van der Waals surface area (Å²) in [7, 11) is 0. The molecule has 2 aromatic carbocycles. The Morgan fingerprint density at radius 3 is 2.70 bits per heavy atom. The van der Waals surface area contributed by atoms with Crippen LogP contribution in [0.2, 0.25) is 0 Å². The molecule has 3 rings (SSSR count). The summed E-state index contributed by atoms with van der Waals surface area (Å²) in [6.07, 6.45) is 1.17. The van der Waals surface area contributed by atoms with Crippen molar-refractivity contribution in [3.05, 3.63) is 64.1 Å². The first-order valence-corrected chi connectivity index (χ1v) is 7.76. The lowest BCUT2D eigenvalue weighted by atomic mass is 9.99. The molecule has 1 N–H and O–H groups in total. The van der Waals surface area contributed by atoms with Gasteiger partial charge in [-0.1, -0.05) is 46.3 Å². The molecule has 0 bridgehead atoms. The molecule has 0 amide bonds. The average molecular weight is 332 g/mol. The topological polar surface area (TPSA) is 23.5 Å². The van der Waals surface area contributed by atoms with Gasteiger partial charge in [0.1, 0.15) is 0 Å². The highest BCUT2D eigenvalue weighted by Crippen LogP contribution is 2.33. The van der Waals surface area contributed by atoms with Gasteiger partial charge >= 0.3 is 0 Å². The summed E-state index contributed by atoms with van der Waals surface area (Å²) in [5.41, 5.74) is 3.57. The van der Waals surface area contributed by atoms with Crippen LogP contribution in [0.4, 0.5) is 5.69 Å². The first kappa shape index (κ1) is 13.7. The van der Waals surface area contributed by atoms with E-state index < -0.39 is 0 Å². The van der Waals surface area contributed by atoms with Crippen LogP contribution in [0.5, 0.6) is 0 Å². The highest BCUT2D eigenvalue weighted by atomic mass is 79.9. The minimum absolute atomic E-state index is 0.0846. The van der Waals surface area contributed by atoms with E-state index in [1.165, 1.54) is 12.0 Å². The highest BCUT2D eigenvalue weighted by Gasteiger charge is 2.25. The number of aliphatic hydroxyl groups excluding tert-OH is 1. The fraction of sp³-hybridized carbons (Fsp3) is 0.294. The SMILES string of the molecule is OCc1cc(Br)ccc1N1CCC(c2ccccc2)C1. The van der Waals surface area contributed by atoms with Crippen LogP contribution < -0.4 is 4.90 Å². The number of aliphatic hydroxyl groups is 1. The van der Waals surface area contributed by atoms with Crippen molar-refractivity contribution in [3.8, 4) is 0 Å². The largest absolute Gasteiger partial charge is 0.392 e. The lowest BCUT2D eigenvalue weighted by Gasteiger charge is -2.22. The molecule has 3 heteroatoms. The summed E-state index contributed by atoms with van der Waals surface area (Å²) in [6.45, 7) is 2.16. The summed E-state index contributed by atoms with van der Waals surface area (Å²) in [5, 5.41) is 9.54. The minimum atomic E-state index is 0.0846. The van der Waals surface area contributed by atoms with Gasteiger partial charge in [-0.25, -0.2) is 0 Å². The third-order valence-corrected chi connectivity index (χ3v) is 4.51. The Bertz CT molecular complexity index is 585. The fourth-order valence-electron chi connectivity index (χ4n) is 2.97. The van der Waals surface area contributed by atoms with Crippen LogP contribution in [-0.4, -0.2) is 18.2 Å². The fourth-order valence-corrected chi connectivity index (χ4v) is 3.37. The van der Waals surface area contributed by atoms with E-state index in [9.17, 15) is 5.11 Å². The third-order valence-electron chi connectivity index (χ3n) is 4.01. The van der Waals surface area contributed by atoms with Crippen molar-refractivity contribution in [3.63, 3.8) is 0 Å². The van der Waals surface area contributed by atoms with E-state index in [1.807, 2.05) is 12.1 Å². The van der Waals surface area contributed by atoms with Gasteiger partial charge in [0.2, 0.25) is 0 Å². The molecule has 0 spiro atoms. The standard InChI is InChI=1S/C17H18BrNO/c18-16-6-7-17(15(10-16)12-20)19-9-8-14(11-19)13-4-2-1-3-5-13/h1-7,10,14,20H,8-9,11-12H2. The predicted molar refractivity (Wildman–Crippen MR) is 86.1 cm³/mol. The molecule has 1 saturated heterocycles. The van der Waals surface area contributed by atoms with Crippen LogP contribution in [0.25, 0.3) is 0 Å². The Balaban J connectivity index is 1.81. The van der Waals surface area contributed by atoms with Crippen LogP contribution >= 0.6 is 15.9 Å². The number of rotatable bonds is 3. The maximum Gasteiger partial charge on any atom is 0.0702 e. The van der Waals surface area contributed by atoms with E-state index >= 15 is 0 Å². The molecule has 104 valence electrons. The predicted octanol–water partition coefficient (Wildman–Crippen LogP) is 3.94. The molecule has 1 unspecified atom stereocenters. The van der Waals surface area contributed by atoms with Gasteiger partial charge in [0.15, 0.2) is 0 Å². The minimum Gasteiger partial charge on any atom is -0.392 e. The van der Waals surface area contributed by atoms with Crippen molar-refractivity contribution in [2.45, 2.75) is 18.9 Å². The van der Waals surface area contributed by atoms with Gasteiger partial charge in [-0.15, -0.1) is 0 Å². The molecule has 0 aliphatic carbocycles. The summed E-state index contributed by atoms with van der Waals surface area (Å²) in [6, 6.07) is 16.9. The van der Waals surface area contributed by atoms with Crippen LogP contribution in [0, 0.1) is 0 Å². The second-order valence-corrected chi connectivity index (χ2v) is 6.19. The molecular weight excluding hydrogens is 314 g/mol. The number of anilines is 1. The second-order valence-electron chi connectivity index (χ2n) is 5.27. The molecule has 2 aromatic rings. The smallest absolute Gasteiger partial charge is 0.0702 e. The van der Waals surface area contributed by atoms with Crippen molar-refractivity contribution < 1.29 is 5.11 Å². The molecule has 0 aromatic heterocycles. The quantitative estimate of drug-likeness (QED) is 0.920. The summed E-state index contributed by atoms with van der Waals surface area (Å²) < 4.78 is 1.02. The Hall–Kier alpha value is -1.32. The maximum atomic E-state index is 9.54. The van der Waals surface area contributed by atoms with E-state index in [1.54, 1.807) is 0 Å². The number of halogens is 1. The number of benzene rings is 2. The Labute approximate surface area is 128 Å². The lowest BCUT2D eigenvalue weighted by molar-refractivity contribution is 0.282. The molecule has 2 nitrogen and oxygen atoms in total. The van der Waals surface area contributed by atoms with Crippen LogP contribution in [-0.2, 0) is 6.61 Å². The van der Waals surface area contributed by atoms with Gasteiger partial charge in [-0.2, -0.15) is 0 Å². The molecule has 20 heavy (non-hydrogen) atoms. The van der Waals surface area contributed by atoms with Gasteiger partial charge in [0.25, 0.3) is 0 Å². The van der Waals surface area contributed by atoms with Crippen LogP contribution in [0.1, 0.15) is 23.5 Å². The first-order chi connectivity index (χ1) is 9.78. The third kappa shape index (κ3) is 2.74. The summed E-state index contributed by atoms with van der Waals surface area (Å²) >= 11 is 3.46. The van der Waals surface area contributed by atoms with Gasteiger partial charge in [-0.3, -0.25) is 0 Å². The van der Waals surface area contributed by atoms with Gasteiger partial charge in [-0.05, 0) is 30.2 Å². The van der Waals surface area contributed by atoms with E-state index in [-0.39, 0.29) is 6.61 Å². The van der Waals surface area contributed by atoms with Crippen LogP contribution in [0.3, 0.4) is 0 Å². The Kier molecular flexibility index (Phi) is 4.08. The van der Waals surface area contributed by atoms with E-state index in [0.717, 1.165) is 28.8 Å². The number of nitrogens with zero attached hydrogens (tertiary/aromatic N) is 1. The van der Waals surface area contributed by atoms with E-state index in [2.05, 4.69) is 57.2 Å². The van der Waals surface area contributed by atoms with E-state index in [4.69, 9.17) is 0 Å². The molecule has 1 fully saturated rings. The van der Waals surface area contributed by atoms with Crippen molar-refractivity contribution >= 4 is 21.6 Å². The van der Waals surface area contributed by atoms with E-state index in [0.29, 0.717) is 5.92 Å². The molecule has 1 aliphatic heterocycles. The molecule has 1 heterocycles. The Morgan fingerprint density at radius 2 is 1.95 bits per heavy atom. The molecular formula is C17H18BrNO. The van der Waals surface area contributed by atoms with Crippen molar-refractivity contribution in [2.75, 3.05) is 18.0 Å². The van der Waals surface area contributed by atoms with Crippen LogP contribution in [0.15, 0.2) is 53.0 Å². The monoisotopic (exact) mass is 331 g/mol. The molecule has 0 saturated carbocycles. The summed E-state index contributed by atoms with van der Waals surface area (Å²) in [4.78, 5) is 2.38. The van der Waals surface area contributed by atoms with Crippen molar-refractivity contribution in [1.82, 2.24) is 0 Å². The Morgan fingerprint density at radius 1 is 1.15 bits per heavy atom. The normalized spacial score (nSPS) is 18.5. The number of hydrogen-bond acceptors (Lipinski definition) is 2. The highest BCUT2D eigenvalue weighted by molar-refractivity contribution is 9.10. The molecule has 1 aliphatic rings. The zero-order valence-corrected chi connectivity index (χ0v) is 12.9. The number of hydrogen-bond donors (Lipinski definition) is 1. The molecule has 0 radical (unpaired) electrons. The van der Waals surface area contributed by atoms with Gasteiger partial charge in [0, 0.05) is 34.7 Å². The summed E-state index contributed by atoms with van der Waals surface area (Å²) in [5.74, 6) is 0.589. The second kappa shape index (κ2) is 5.98. The molecule has 1 atom stereocenters. The van der Waals surface area contributed by atoms with Crippen molar-refractivity contribution in [2.24, 2.45) is 0 Å². The lowest BCUT2D eigenvalue weighted by Crippen LogP contribution is -2.20. The van der Waals surface area contributed by atoms with Gasteiger partial charge < -0.3 is 10.0 Å². The zero-order valence-electron chi connectivity index (χ0n) is 11.3. The van der Waals surface area contributed by atoms with Crippen molar-refractivity contribution in [1.29, 1.82) is 0 Å².